The van der Waals surface area contributed by atoms with E-state index in [1.807, 2.05) is 27.7 Å². The first-order valence-electron chi connectivity index (χ1n) is 5.59. The van der Waals surface area contributed by atoms with E-state index in [0.29, 0.717) is 0 Å². The Labute approximate surface area is 105 Å². The van der Waals surface area contributed by atoms with Gasteiger partial charge in [-0.25, -0.2) is 0 Å². The van der Waals surface area contributed by atoms with E-state index in [4.69, 9.17) is 5.73 Å². The molecule has 2 N–H and O–H groups in total. The van der Waals surface area contributed by atoms with Crippen LogP contribution in [-0.2, 0) is 0 Å². The van der Waals surface area contributed by atoms with Gasteiger partial charge in [0.2, 0.25) is 0 Å². The molecule has 2 aromatic rings. The third-order valence-electron chi connectivity index (χ3n) is 2.86. The van der Waals surface area contributed by atoms with Crippen molar-refractivity contribution in [3.63, 3.8) is 0 Å². The smallest absolute Gasteiger partial charge is 0.149 e. The van der Waals surface area contributed by atoms with Crippen LogP contribution >= 0.6 is 11.3 Å². The van der Waals surface area contributed by atoms with Crippen molar-refractivity contribution in [2.45, 2.75) is 27.7 Å². The van der Waals surface area contributed by atoms with Gasteiger partial charge >= 0.3 is 0 Å². The van der Waals surface area contributed by atoms with Crippen LogP contribution in [0.25, 0.3) is 10.2 Å². The van der Waals surface area contributed by atoms with Crippen LogP contribution in [0, 0.1) is 13.8 Å². The van der Waals surface area contributed by atoms with Crippen molar-refractivity contribution in [3.05, 3.63) is 16.1 Å². The fourth-order valence-electron chi connectivity index (χ4n) is 1.82. The third-order valence-corrected chi connectivity index (χ3v) is 4.06. The second-order valence-electron chi connectivity index (χ2n) is 4.00. The topological polar surface area (TPSA) is 64.2 Å². The van der Waals surface area contributed by atoms with E-state index in [9.17, 15) is 0 Å². The number of nitrogen functional groups attached to an aromatic ring is 1. The van der Waals surface area contributed by atoms with Crippen LogP contribution < -0.4 is 5.73 Å². The van der Waals surface area contributed by atoms with Crippen molar-refractivity contribution in [1.82, 2.24) is 10.2 Å². The van der Waals surface area contributed by atoms with E-state index in [1.54, 1.807) is 11.3 Å². The van der Waals surface area contributed by atoms with E-state index in [-0.39, 0.29) is 0 Å². The molecule has 0 atom stereocenters. The average molecular weight is 248 g/mol. The lowest BCUT2D eigenvalue weighted by atomic mass is 10.1. The Hall–Kier alpha value is -1.49. The number of anilines is 1. The van der Waals surface area contributed by atoms with Crippen molar-refractivity contribution in [2.75, 3.05) is 12.3 Å². The number of thiophene rings is 1. The number of aryl methyl sites for hydroxylation is 2. The second-order valence-corrected chi connectivity index (χ2v) is 4.99. The van der Waals surface area contributed by atoms with Crippen LogP contribution in [-0.4, -0.2) is 22.5 Å². The molecule has 0 aromatic carbocycles. The molecule has 0 fully saturated rings. The number of nitrogens with zero attached hydrogens (tertiary/aromatic N) is 3. The van der Waals surface area contributed by atoms with Gasteiger partial charge in [-0.05, 0) is 33.3 Å². The highest BCUT2D eigenvalue weighted by atomic mass is 32.1. The number of rotatable bonds is 2. The predicted octanol–water partition coefficient (Wildman–Crippen LogP) is 2.72. The molecule has 2 heterocycles. The van der Waals surface area contributed by atoms with Crippen molar-refractivity contribution >= 4 is 33.0 Å². The van der Waals surface area contributed by atoms with Crippen LogP contribution in [0.1, 0.15) is 30.0 Å². The standard InChI is InChI=1S/C12H16N4S/c1-5-14-8(4)11-10(13)9-6(2)7(3)15-16-12(9)17-11/h5,13H2,1-4H3. The quantitative estimate of drug-likeness (QED) is 0.831. The molecule has 2 rings (SSSR count). The summed E-state index contributed by atoms with van der Waals surface area (Å²) in [6.45, 7) is 8.75. The van der Waals surface area contributed by atoms with Gasteiger partial charge < -0.3 is 5.73 Å². The molecule has 17 heavy (non-hydrogen) atoms. The molecule has 2 aromatic heterocycles. The first kappa shape index (κ1) is 12.0. The van der Waals surface area contributed by atoms with Crippen LogP contribution in [0.3, 0.4) is 0 Å². The van der Waals surface area contributed by atoms with Gasteiger partial charge in [-0.1, -0.05) is 0 Å². The number of aliphatic imine (C=N–C) groups is 1. The lowest BCUT2D eigenvalue weighted by molar-refractivity contribution is 1.01. The Kier molecular flexibility index (Phi) is 3.11. The van der Waals surface area contributed by atoms with E-state index in [2.05, 4.69) is 15.2 Å². The zero-order valence-electron chi connectivity index (χ0n) is 10.5. The minimum absolute atomic E-state index is 0.767. The van der Waals surface area contributed by atoms with E-state index >= 15 is 0 Å². The maximum absolute atomic E-state index is 6.20. The highest BCUT2D eigenvalue weighted by Gasteiger charge is 2.15. The van der Waals surface area contributed by atoms with Gasteiger partial charge in [0.05, 0.1) is 22.0 Å². The lowest BCUT2D eigenvalue weighted by Gasteiger charge is -2.01. The van der Waals surface area contributed by atoms with Crippen molar-refractivity contribution in [2.24, 2.45) is 4.99 Å². The molecule has 0 saturated carbocycles. The predicted molar refractivity (Wildman–Crippen MR) is 74.1 cm³/mol. The van der Waals surface area contributed by atoms with Gasteiger partial charge in [0, 0.05) is 11.9 Å². The zero-order chi connectivity index (χ0) is 12.6. The molecule has 0 bridgehead atoms. The summed E-state index contributed by atoms with van der Waals surface area (Å²) < 4.78 is 0. The first-order chi connectivity index (χ1) is 8.06. The molecule has 0 radical (unpaired) electrons. The van der Waals surface area contributed by atoms with Gasteiger partial charge in [0.25, 0.3) is 0 Å². The van der Waals surface area contributed by atoms with Crippen LogP contribution in [0.5, 0.6) is 0 Å². The molecule has 4 nitrogen and oxygen atoms in total. The molecule has 90 valence electrons. The van der Waals surface area contributed by atoms with Gasteiger partial charge in [0.1, 0.15) is 4.83 Å². The van der Waals surface area contributed by atoms with Gasteiger partial charge in [-0.3, -0.25) is 4.99 Å². The van der Waals surface area contributed by atoms with E-state index in [0.717, 1.165) is 44.3 Å². The summed E-state index contributed by atoms with van der Waals surface area (Å²) in [6.07, 6.45) is 0. The van der Waals surface area contributed by atoms with Gasteiger partial charge in [0.15, 0.2) is 0 Å². The lowest BCUT2D eigenvalue weighted by Crippen LogP contribution is -1.98. The molecule has 0 spiro atoms. The summed E-state index contributed by atoms with van der Waals surface area (Å²) in [5.74, 6) is 0. The van der Waals surface area contributed by atoms with Crippen LogP contribution in [0.2, 0.25) is 0 Å². The summed E-state index contributed by atoms with van der Waals surface area (Å²) in [5.41, 5.74) is 10.0. The fourth-order valence-corrected chi connectivity index (χ4v) is 2.88. The number of hydrogen-bond donors (Lipinski definition) is 1. The SMILES string of the molecule is CCN=C(C)c1sc2nnc(C)c(C)c2c1N. The van der Waals surface area contributed by atoms with Crippen molar-refractivity contribution in [1.29, 1.82) is 0 Å². The van der Waals surface area contributed by atoms with E-state index in [1.165, 1.54) is 0 Å². The maximum Gasteiger partial charge on any atom is 0.149 e. The normalized spacial score (nSPS) is 12.4. The molecule has 0 aliphatic carbocycles. The Bertz CT molecular complexity index is 598. The number of aromatic nitrogens is 2. The molecular weight excluding hydrogens is 232 g/mol. The molecule has 0 amide bonds. The number of nitrogens with two attached hydrogens (primary N) is 1. The first-order valence-corrected chi connectivity index (χ1v) is 6.41. The molecule has 0 saturated heterocycles. The zero-order valence-corrected chi connectivity index (χ0v) is 11.4. The Morgan fingerprint density at radius 2 is 2.06 bits per heavy atom. The second kappa shape index (κ2) is 4.41. The monoisotopic (exact) mass is 248 g/mol. The van der Waals surface area contributed by atoms with Crippen LogP contribution in [0.15, 0.2) is 4.99 Å². The van der Waals surface area contributed by atoms with E-state index < -0.39 is 0 Å². The number of hydrogen-bond acceptors (Lipinski definition) is 5. The van der Waals surface area contributed by atoms with Crippen molar-refractivity contribution in [3.8, 4) is 0 Å². The third kappa shape index (κ3) is 1.91. The van der Waals surface area contributed by atoms with Gasteiger partial charge in [-0.2, -0.15) is 5.10 Å². The number of fused-ring (bicyclic) bond motifs is 1. The molecule has 0 aliphatic rings. The van der Waals surface area contributed by atoms with Gasteiger partial charge in [-0.15, -0.1) is 16.4 Å². The summed E-state index contributed by atoms with van der Waals surface area (Å²) >= 11 is 1.57. The highest BCUT2D eigenvalue weighted by molar-refractivity contribution is 7.21. The average Bonchev–Trinajstić information content (AvgIpc) is 2.62. The fraction of sp³-hybridized carbons (Fsp3) is 0.417. The summed E-state index contributed by atoms with van der Waals surface area (Å²) in [6, 6.07) is 0. The Morgan fingerprint density at radius 3 is 2.71 bits per heavy atom. The summed E-state index contributed by atoms with van der Waals surface area (Å²) in [4.78, 5) is 6.31. The Balaban J connectivity index is 2.74. The molecular formula is C12H16N4S. The minimum atomic E-state index is 0.767. The van der Waals surface area contributed by atoms with Crippen molar-refractivity contribution < 1.29 is 0 Å². The molecule has 0 aliphatic heterocycles. The minimum Gasteiger partial charge on any atom is -0.397 e. The molecule has 0 unspecified atom stereocenters. The Morgan fingerprint density at radius 1 is 1.35 bits per heavy atom. The summed E-state index contributed by atoms with van der Waals surface area (Å²) in [5, 5.41) is 9.36. The molecule has 5 heteroatoms. The maximum atomic E-state index is 6.20. The van der Waals surface area contributed by atoms with Crippen LogP contribution in [0.4, 0.5) is 5.69 Å². The summed E-state index contributed by atoms with van der Waals surface area (Å²) in [7, 11) is 0. The largest absolute Gasteiger partial charge is 0.397 e. The highest BCUT2D eigenvalue weighted by Crippen LogP contribution is 2.35.